The molecule has 2 fully saturated rings. The summed E-state index contributed by atoms with van der Waals surface area (Å²) in [6.07, 6.45) is 4.94. The molecule has 1 atom stereocenters. The molecule has 2 aliphatic rings. The lowest BCUT2D eigenvalue weighted by atomic mass is 9.94. The molecule has 1 unspecified atom stereocenters. The summed E-state index contributed by atoms with van der Waals surface area (Å²) in [4.78, 5) is 32.8. The maximum atomic E-state index is 12.9. The number of carbonyl (C=O) groups excluding carboxylic acids is 2. The van der Waals surface area contributed by atoms with Crippen LogP contribution in [0.3, 0.4) is 0 Å². The minimum absolute atomic E-state index is 0.0306. The Balaban J connectivity index is 1.58. The number of sulfone groups is 1. The summed E-state index contributed by atoms with van der Waals surface area (Å²) < 4.78 is 23.5. The molecule has 0 radical (unpaired) electrons. The Kier molecular flexibility index (Phi) is 5.60. The van der Waals surface area contributed by atoms with Gasteiger partial charge in [0.05, 0.1) is 17.1 Å². The van der Waals surface area contributed by atoms with Crippen LogP contribution in [-0.2, 0) is 14.6 Å². The molecule has 2 saturated heterocycles. The second kappa shape index (κ2) is 7.73. The first-order valence-electron chi connectivity index (χ1n) is 9.11. The molecule has 0 aliphatic carbocycles. The first-order chi connectivity index (χ1) is 12.4. The van der Waals surface area contributed by atoms with Crippen molar-refractivity contribution < 1.29 is 18.0 Å². The Bertz CT molecular complexity index is 758. The molecule has 0 spiro atoms. The molecule has 3 heterocycles. The predicted octanol–water partition coefficient (Wildman–Crippen LogP) is 0.969. The van der Waals surface area contributed by atoms with Crippen LogP contribution in [0.15, 0.2) is 24.5 Å². The van der Waals surface area contributed by atoms with Gasteiger partial charge in [-0.15, -0.1) is 0 Å². The number of rotatable bonds is 4. The highest BCUT2D eigenvalue weighted by atomic mass is 32.2. The molecule has 0 saturated carbocycles. The predicted molar refractivity (Wildman–Crippen MR) is 97.3 cm³/mol. The van der Waals surface area contributed by atoms with Gasteiger partial charge in [-0.05, 0) is 38.3 Å². The van der Waals surface area contributed by atoms with Gasteiger partial charge in [0.15, 0.2) is 9.84 Å². The lowest BCUT2D eigenvalue weighted by molar-refractivity contribution is -0.138. The van der Waals surface area contributed by atoms with Crippen molar-refractivity contribution in [2.45, 2.75) is 32.2 Å². The number of pyridine rings is 1. The second-order valence-corrected chi connectivity index (χ2v) is 9.22. The molecule has 0 aromatic carbocycles. The first-order valence-corrected chi connectivity index (χ1v) is 10.9. The SMILES string of the molecule is CCN(C(=O)C1CCN(C(=O)c2cccnc2)CC1)C1CCS(=O)(=O)C1. The summed E-state index contributed by atoms with van der Waals surface area (Å²) in [5.41, 5.74) is 0.559. The fourth-order valence-electron chi connectivity index (χ4n) is 3.85. The summed E-state index contributed by atoms with van der Waals surface area (Å²) in [7, 11) is -3.02. The van der Waals surface area contributed by atoms with Crippen molar-refractivity contribution in [2.75, 3.05) is 31.1 Å². The maximum Gasteiger partial charge on any atom is 0.255 e. The largest absolute Gasteiger partial charge is 0.339 e. The summed E-state index contributed by atoms with van der Waals surface area (Å²) in [5, 5.41) is 0. The van der Waals surface area contributed by atoms with Crippen LogP contribution in [0.1, 0.15) is 36.5 Å². The standard InChI is InChI=1S/C18H25N3O4S/c1-2-21(16-7-11-26(24,25)13-16)18(23)14-5-9-20(10-6-14)17(22)15-4-3-8-19-12-15/h3-4,8,12,14,16H,2,5-7,9-11,13H2,1H3. The first kappa shape index (κ1) is 18.8. The lowest BCUT2D eigenvalue weighted by Gasteiger charge is -2.36. The van der Waals surface area contributed by atoms with E-state index in [1.54, 1.807) is 34.3 Å². The molecule has 7 nitrogen and oxygen atoms in total. The van der Waals surface area contributed by atoms with Gasteiger partial charge in [-0.1, -0.05) is 0 Å². The third-order valence-electron chi connectivity index (χ3n) is 5.31. The van der Waals surface area contributed by atoms with E-state index in [9.17, 15) is 18.0 Å². The van der Waals surface area contributed by atoms with Crippen molar-refractivity contribution in [2.24, 2.45) is 5.92 Å². The number of amides is 2. The Morgan fingerprint density at radius 2 is 2.00 bits per heavy atom. The number of carbonyl (C=O) groups is 2. The van der Waals surface area contributed by atoms with E-state index in [4.69, 9.17) is 0 Å². The molecule has 1 aromatic rings. The van der Waals surface area contributed by atoms with Crippen LogP contribution in [0.5, 0.6) is 0 Å². The lowest BCUT2D eigenvalue weighted by Crippen LogP contribution is -2.48. The summed E-state index contributed by atoms with van der Waals surface area (Å²) in [6, 6.07) is 3.28. The fraction of sp³-hybridized carbons (Fsp3) is 0.611. The average Bonchev–Trinajstić information content (AvgIpc) is 3.02. The van der Waals surface area contributed by atoms with Crippen LogP contribution in [0.25, 0.3) is 0 Å². The smallest absolute Gasteiger partial charge is 0.255 e. The molecular weight excluding hydrogens is 354 g/mol. The van der Waals surface area contributed by atoms with E-state index >= 15 is 0 Å². The zero-order valence-electron chi connectivity index (χ0n) is 15.0. The van der Waals surface area contributed by atoms with Gasteiger partial charge in [0.1, 0.15) is 0 Å². The molecule has 2 aliphatic heterocycles. The van der Waals surface area contributed by atoms with Crippen molar-refractivity contribution in [3.8, 4) is 0 Å². The molecule has 26 heavy (non-hydrogen) atoms. The summed E-state index contributed by atoms with van der Waals surface area (Å²) in [6.45, 7) is 3.48. The minimum atomic E-state index is -3.02. The monoisotopic (exact) mass is 379 g/mol. The van der Waals surface area contributed by atoms with Crippen molar-refractivity contribution in [1.82, 2.24) is 14.8 Å². The quantitative estimate of drug-likeness (QED) is 0.778. The molecule has 8 heteroatoms. The second-order valence-electron chi connectivity index (χ2n) is 6.99. The van der Waals surface area contributed by atoms with Gasteiger partial charge >= 0.3 is 0 Å². The van der Waals surface area contributed by atoms with Gasteiger partial charge in [0, 0.05) is 44.0 Å². The zero-order valence-corrected chi connectivity index (χ0v) is 15.8. The minimum Gasteiger partial charge on any atom is -0.339 e. The van der Waals surface area contributed by atoms with E-state index < -0.39 is 9.84 Å². The van der Waals surface area contributed by atoms with Crippen molar-refractivity contribution in [3.63, 3.8) is 0 Å². The van der Waals surface area contributed by atoms with Gasteiger partial charge in [-0.2, -0.15) is 0 Å². The van der Waals surface area contributed by atoms with Gasteiger partial charge in [0.2, 0.25) is 5.91 Å². The Morgan fingerprint density at radius 1 is 1.27 bits per heavy atom. The average molecular weight is 379 g/mol. The Hall–Kier alpha value is -1.96. The molecule has 2 amide bonds. The highest BCUT2D eigenvalue weighted by molar-refractivity contribution is 7.91. The molecule has 1 aromatic heterocycles. The number of hydrogen-bond acceptors (Lipinski definition) is 5. The van der Waals surface area contributed by atoms with E-state index in [0.29, 0.717) is 44.5 Å². The molecular formula is C18H25N3O4S. The molecule has 0 bridgehead atoms. The van der Waals surface area contributed by atoms with Crippen LogP contribution in [0.4, 0.5) is 0 Å². The number of nitrogens with zero attached hydrogens (tertiary/aromatic N) is 3. The fourth-order valence-corrected chi connectivity index (χ4v) is 5.58. The number of aromatic nitrogens is 1. The Labute approximate surface area is 154 Å². The summed E-state index contributed by atoms with van der Waals surface area (Å²) in [5.74, 6) is 0.0715. The third-order valence-corrected chi connectivity index (χ3v) is 7.06. The van der Waals surface area contributed by atoms with Crippen molar-refractivity contribution in [3.05, 3.63) is 30.1 Å². The highest BCUT2D eigenvalue weighted by Crippen LogP contribution is 2.25. The zero-order chi connectivity index (χ0) is 18.7. The van der Waals surface area contributed by atoms with Gasteiger partial charge in [-0.3, -0.25) is 14.6 Å². The molecule has 0 N–H and O–H groups in total. The van der Waals surface area contributed by atoms with Crippen molar-refractivity contribution >= 4 is 21.7 Å². The van der Waals surface area contributed by atoms with Crippen LogP contribution < -0.4 is 0 Å². The van der Waals surface area contributed by atoms with Gasteiger partial charge in [-0.25, -0.2) is 8.42 Å². The van der Waals surface area contributed by atoms with Crippen LogP contribution >= 0.6 is 0 Å². The molecule has 3 rings (SSSR count). The summed E-state index contributed by atoms with van der Waals surface area (Å²) >= 11 is 0. The third kappa shape index (κ3) is 4.06. The van der Waals surface area contributed by atoms with E-state index in [0.717, 1.165) is 0 Å². The van der Waals surface area contributed by atoms with E-state index in [-0.39, 0.29) is 35.3 Å². The van der Waals surface area contributed by atoms with Crippen LogP contribution in [-0.4, -0.2) is 72.2 Å². The van der Waals surface area contributed by atoms with E-state index in [1.165, 1.54) is 0 Å². The van der Waals surface area contributed by atoms with Gasteiger partial charge in [0.25, 0.3) is 5.91 Å². The molecule has 142 valence electrons. The Morgan fingerprint density at radius 3 is 2.54 bits per heavy atom. The van der Waals surface area contributed by atoms with Crippen molar-refractivity contribution in [1.29, 1.82) is 0 Å². The van der Waals surface area contributed by atoms with Crippen LogP contribution in [0.2, 0.25) is 0 Å². The highest BCUT2D eigenvalue weighted by Gasteiger charge is 2.37. The van der Waals surface area contributed by atoms with Crippen LogP contribution in [0, 0.1) is 5.92 Å². The normalized spacial score (nSPS) is 23.0. The topological polar surface area (TPSA) is 87.7 Å². The van der Waals surface area contributed by atoms with Gasteiger partial charge < -0.3 is 9.80 Å². The van der Waals surface area contributed by atoms with E-state index in [1.807, 2.05) is 6.92 Å². The number of hydrogen-bond donors (Lipinski definition) is 0. The number of piperidine rings is 1. The number of likely N-dealkylation sites (tertiary alicyclic amines) is 1. The maximum absolute atomic E-state index is 12.9. The van der Waals surface area contributed by atoms with E-state index in [2.05, 4.69) is 4.98 Å².